The molecule has 0 rings (SSSR count). The second-order valence-corrected chi connectivity index (χ2v) is 3.86. The number of ether oxygens (including phenoxy) is 1. The first kappa shape index (κ1) is 12.4. The zero-order chi connectivity index (χ0) is 10.5. The normalized spacial score (nSPS) is 15.8. The van der Waals surface area contributed by atoms with Gasteiger partial charge in [0.2, 0.25) is 5.91 Å². The summed E-state index contributed by atoms with van der Waals surface area (Å²) in [6.07, 6.45) is 0. The molecule has 0 aliphatic rings. The molecule has 1 amide bonds. The van der Waals surface area contributed by atoms with Crippen molar-refractivity contribution in [3.63, 3.8) is 0 Å². The predicted octanol–water partition coefficient (Wildman–Crippen LogP) is 0.122. The Labute approximate surface area is 79.8 Å². The van der Waals surface area contributed by atoms with Crippen LogP contribution in [-0.4, -0.2) is 31.7 Å². The van der Waals surface area contributed by atoms with Gasteiger partial charge in [-0.3, -0.25) is 4.79 Å². The molecule has 0 aliphatic heterocycles. The monoisotopic (exact) mass is 188 g/mol. The molecule has 4 nitrogen and oxygen atoms in total. The first-order valence-corrected chi connectivity index (χ1v) is 4.49. The van der Waals surface area contributed by atoms with E-state index in [-0.39, 0.29) is 0 Å². The van der Waals surface area contributed by atoms with Gasteiger partial charge < -0.3 is 15.8 Å². The molecule has 4 heteroatoms. The Morgan fingerprint density at radius 2 is 2.15 bits per heavy atom. The van der Waals surface area contributed by atoms with Gasteiger partial charge in [0.05, 0.1) is 6.61 Å². The molecule has 0 fully saturated rings. The highest BCUT2D eigenvalue weighted by Gasteiger charge is 2.29. The quantitative estimate of drug-likeness (QED) is 0.622. The fourth-order valence-corrected chi connectivity index (χ4v) is 0.765. The maximum absolute atomic E-state index is 11.0. The van der Waals surface area contributed by atoms with Crippen molar-refractivity contribution >= 4 is 5.91 Å². The summed E-state index contributed by atoms with van der Waals surface area (Å²) in [5.74, 6) is 0.0766. The largest absolute Gasteiger partial charge is 0.379 e. The molecule has 0 heterocycles. The lowest BCUT2D eigenvalue weighted by molar-refractivity contribution is -0.126. The molecule has 0 saturated heterocycles. The Hall–Kier alpha value is -0.610. The van der Waals surface area contributed by atoms with Crippen LogP contribution in [0.4, 0.5) is 0 Å². The van der Waals surface area contributed by atoms with E-state index in [1.165, 1.54) is 0 Å². The second kappa shape index (κ2) is 5.19. The molecule has 0 spiro atoms. The van der Waals surface area contributed by atoms with Gasteiger partial charge in [0, 0.05) is 6.61 Å². The summed E-state index contributed by atoms with van der Waals surface area (Å²) in [5, 5.41) is 2.85. The summed E-state index contributed by atoms with van der Waals surface area (Å²) in [5.41, 5.74) is 4.46. The van der Waals surface area contributed by atoms with Crippen molar-refractivity contribution in [2.45, 2.75) is 26.3 Å². The maximum atomic E-state index is 11.0. The van der Waals surface area contributed by atoms with E-state index in [1.54, 1.807) is 14.0 Å². The average Bonchev–Trinajstić information content (AvgIpc) is 2.03. The van der Waals surface area contributed by atoms with Crippen molar-refractivity contribution in [1.82, 2.24) is 5.32 Å². The molecule has 78 valence electrons. The number of carbonyl (C=O) groups is 1. The van der Waals surface area contributed by atoms with Crippen molar-refractivity contribution in [1.29, 1.82) is 0 Å². The third-order valence-electron chi connectivity index (χ3n) is 1.94. The fourth-order valence-electron chi connectivity index (χ4n) is 0.765. The summed E-state index contributed by atoms with van der Waals surface area (Å²) < 4.78 is 5.35. The van der Waals surface area contributed by atoms with Gasteiger partial charge in [0.15, 0.2) is 0 Å². The Morgan fingerprint density at radius 1 is 1.62 bits per heavy atom. The summed E-state index contributed by atoms with van der Waals surface area (Å²) in [4.78, 5) is 11.0. The van der Waals surface area contributed by atoms with Gasteiger partial charge in [-0.25, -0.2) is 0 Å². The highest BCUT2D eigenvalue weighted by atomic mass is 16.5. The maximum Gasteiger partial charge on any atom is 0.239 e. The predicted molar refractivity (Wildman–Crippen MR) is 52.3 cm³/mol. The van der Waals surface area contributed by atoms with E-state index in [0.717, 1.165) is 0 Å². The third-order valence-corrected chi connectivity index (χ3v) is 1.94. The highest BCUT2D eigenvalue weighted by molar-refractivity contribution is 5.84. The molecule has 3 N–H and O–H groups in total. The lowest BCUT2D eigenvalue weighted by atomic mass is 10.0. The van der Waals surface area contributed by atoms with Crippen molar-refractivity contribution < 1.29 is 9.53 Å². The number of primary amides is 1. The van der Waals surface area contributed by atoms with E-state index in [2.05, 4.69) is 19.2 Å². The van der Waals surface area contributed by atoms with Crippen molar-refractivity contribution in [3.8, 4) is 0 Å². The molecule has 0 aliphatic carbocycles. The van der Waals surface area contributed by atoms with E-state index < -0.39 is 11.4 Å². The molecule has 1 atom stereocenters. The molecule has 13 heavy (non-hydrogen) atoms. The molecular weight excluding hydrogens is 168 g/mol. The van der Waals surface area contributed by atoms with Gasteiger partial charge >= 0.3 is 0 Å². The van der Waals surface area contributed by atoms with Gasteiger partial charge in [-0.05, 0) is 19.9 Å². The minimum absolute atomic E-state index is 0.316. The average molecular weight is 188 g/mol. The van der Waals surface area contributed by atoms with E-state index in [0.29, 0.717) is 19.1 Å². The molecule has 0 saturated carbocycles. The fraction of sp³-hybridized carbons (Fsp3) is 0.889. The molecular formula is C9H20N2O2. The van der Waals surface area contributed by atoms with Gasteiger partial charge in [-0.2, -0.15) is 0 Å². The van der Waals surface area contributed by atoms with Crippen LogP contribution in [0.2, 0.25) is 0 Å². The minimum Gasteiger partial charge on any atom is -0.379 e. The number of amides is 1. The first-order valence-electron chi connectivity index (χ1n) is 4.49. The minimum atomic E-state index is -0.755. The van der Waals surface area contributed by atoms with Crippen LogP contribution in [-0.2, 0) is 9.53 Å². The van der Waals surface area contributed by atoms with Gasteiger partial charge in [-0.15, -0.1) is 0 Å². The summed E-state index contributed by atoms with van der Waals surface area (Å²) in [7, 11) is 1.70. The van der Waals surface area contributed by atoms with Gasteiger partial charge in [-0.1, -0.05) is 13.8 Å². The number of nitrogens with one attached hydrogen (secondary N) is 1. The zero-order valence-electron chi connectivity index (χ0n) is 8.89. The number of rotatable bonds is 6. The standard InChI is InChI=1S/C9H20N2O2/c1-7(2)5-13-6-9(3,11-4)8(10)12/h7,11H,5-6H2,1-4H3,(H2,10,12). The number of hydrogen-bond donors (Lipinski definition) is 2. The molecule has 0 aromatic heterocycles. The number of likely N-dealkylation sites (N-methyl/N-ethyl adjacent to an activating group) is 1. The van der Waals surface area contributed by atoms with E-state index in [9.17, 15) is 4.79 Å². The van der Waals surface area contributed by atoms with E-state index in [4.69, 9.17) is 10.5 Å². The topological polar surface area (TPSA) is 64.3 Å². The van der Waals surface area contributed by atoms with Crippen LogP contribution in [0, 0.1) is 5.92 Å². The van der Waals surface area contributed by atoms with Crippen LogP contribution >= 0.6 is 0 Å². The zero-order valence-corrected chi connectivity index (χ0v) is 8.89. The lowest BCUT2D eigenvalue weighted by Gasteiger charge is -2.25. The summed E-state index contributed by atoms with van der Waals surface area (Å²) in [6.45, 7) is 6.80. The number of hydrogen-bond acceptors (Lipinski definition) is 3. The number of carbonyl (C=O) groups excluding carboxylic acids is 1. The van der Waals surface area contributed by atoms with E-state index >= 15 is 0 Å². The van der Waals surface area contributed by atoms with Crippen LogP contribution < -0.4 is 11.1 Å². The second-order valence-electron chi connectivity index (χ2n) is 3.86. The first-order chi connectivity index (χ1) is 5.92. The Bertz CT molecular complexity index is 171. The van der Waals surface area contributed by atoms with Crippen molar-refractivity contribution in [2.75, 3.05) is 20.3 Å². The van der Waals surface area contributed by atoms with Crippen LogP contribution in [0.15, 0.2) is 0 Å². The van der Waals surface area contributed by atoms with Gasteiger partial charge in [0.25, 0.3) is 0 Å². The van der Waals surface area contributed by atoms with Crippen LogP contribution in [0.1, 0.15) is 20.8 Å². The highest BCUT2D eigenvalue weighted by Crippen LogP contribution is 2.04. The summed E-state index contributed by atoms with van der Waals surface area (Å²) >= 11 is 0. The third kappa shape index (κ3) is 4.24. The smallest absolute Gasteiger partial charge is 0.239 e. The van der Waals surface area contributed by atoms with Crippen LogP contribution in [0.5, 0.6) is 0 Å². The Morgan fingerprint density at radius 3 is 2.46 bits per heavy atom. The lowest BCUT2D eigenvalue weighted by Crippen LogP contribution is -2.55. The van der Waals surface area contributed by atoms with Crippen LogP contribution in [0.25, 0.3) is 0 Å². The van der Waals surface area contributed by atoms with Gasteiger partial charge in [0.1, 0.15) is 5.54 Å². The SMILES string of the molecule is CNC(C)(COCC(C)C)C(N)=O. The Balaban J connectivity index is 3.92. The molecule has 0 radical (unpaired) electrons. The molecule has 0 bridgehead atoms. The van der Waals surface area contributed by atoms with E-state index in [1.807, 2.05) is 0 Å². The van der Waals surface area contributed by atoms with Crippen molar-refractivity contribution in [2.24, 2.45) is 11.7 Å². The molecule has 0 aromatic carbocycles. The summed E-state index contributed by atoms with van der Waals surface area (Å²) in [6, 6.07) is 0. The molecule has 1 unspecified atom stereocenters. The van der Waals surface area contributed by atoms with Crippen LogP contribution in [0.3, 0.4) is 0 Å². The van der Waals surface area contributed by atoms with Crippen molar-refractivity contribution in [3.05, 3.63) is 0 Å². The Kier molecular flexibility index (Phi) is 4.95. The molecule has 0 aromatic rings. The number of nitrogens with two attached hydrogens (primary N) is 1.